The minimum atomic E-state index is 0.409. The molecule has 0 amide bonds. The number of ether oxygens (including phenoxy) is 2. The van der Waals surface area contributed by atoms with Gasteiger partial charge in [0.2, 0.25) is 0 Å². The molecule has 0 aliphatic heterocycles. The lowest BCUT2D eigenvalue weighted by Gasteiger charge is -2.11. The van der Waals surface area contributed by atoms with Crippen molar-refractivity contribution in [3.8, 4) is 11.5 Å². The summed E-state index contributed by atoms with van der Waals surface area (Å²) in [5.74, 6) is 1.46. The van der Waals surface area contributed by atoms with Crippen LogP contribution in [-0.2, 0) is 6.61 Å². The molecule has 0 unspecified atom stereocenters. The first kappa shape index (κ1) is 13.2. The predicted octanol–water partition coefficient (Wildman–Crippen LogP) is 4.69. The number of benzene rings is 2. The van der Waals surface area contributed by atoms with E-state index in [0.717, 1.165) is 15.8 Å². The average Bonchev–Trinajstić information content (AvgIpc) is 2.38. The Morgan fingerprint density at radius 3 is 2.61 bits per heavy atom. The van der Waals surface area contributed by atoms with Gasteiger partial charge in [-0.3, -0.25) is 0 Å². The normalized spacial score (nSPS) is 10.2. The van der Waals surface area contributed by atoms with Gasteiger partial charge in [0.15, 0.2) is 0 Å². The van der Waals surface area contributed by atoms with Crippen LogP contribution in [0.3, 0.4) is 0 Å². The van der Waals surface area contributed by atoms with Crippen molar-refractivity contribution in [3.05, 3.63) is 57.5 Å². The van der Waals surface area contributed by atoms with Crippen molar-refractivity contribution in [1.29, 1.82) is 0 Å². The number of hydrogen-bond donors (Lipinski definition) is 0. The number of hydrogen-bond acceptors (Lipinski definition) is 2. The summed E-state index contributed by atoms with van der Waals surface area (Å²) in [6.07, 6.45) is 0. The zero-order chi connectivity index (χ0) is 13.0. The quantitative estimate of drug-likeness (QED) is 0.811. The van der Waals surface area contributed by atoms with Crippen LogP contribution in [-0.4, -0.2) is 7.11 Å². The fourth-order valence-electron chi connectivity index (χ4n) is 1.58. The molecule has 4 heteroatoms. The Hall–Kier alpha value is -1.19. The van der Waals surface area contributed by atoms with Crippen molar-refractivity contribution < 1.29 is 9.47 Å². The van der Waals surface area contributed by atoms with Crippen molar-refractivity contribution >= 4 is 27.5 Å². The topological polar surface area (TPSA) is 18.5 Å². The summed E-state index contributed by atoms with van der Waals surface area (Å²) < 4.78 is 12.0. The number of rotatable bonds is 4. The lowest BCUT2D eigenvalue weighted by atomic mass is 10.2. The Morgan fingerprint density at radius 1 is 1.11 bits per heavy atom. The molecule has 0 saturated heterocycles. The van der Waals surface area contributed by atoms with Gasteiger partial charge in [0.1, 0.15) is 18.1 Å². The van der Waals surface area contributed by atoms with Crippen LogP contribution in [0, 0.1) is 0 Å². The fraction of sp³-hybridized carbons (Fsp3) is 0.143. The number of para-hydroxylation sites is 1. The van der Waals surface area contributed by atoms with Crippen LogP contribution in [0.5, 0.6) is 11.5 Å². The van der Waals surface area contributed by atoms with Crippen LogP contribution >= 0.6 is 27.5 Å². The zero-order valence-corrected chi connectivity index (χ0v) is 12.2. The Balaban J connectivity index is 2.15. The molecule has 0 spiro atoms. The summed E-state index contributed by atoms with van der Waals surface area (Å²) in [7, 11) is 1.64. The molecule has 0 heterocycles. The fourth-order valence-corrected chi connectivity index (χ4v) is 2.18. The van der Waals surface area contributed by atoms with Crippen molar-refractivity contribution in [2.24, 2.45) is 0 Å². The minimum Gasteiger partial charge on any atom is -0.496 e. The van der Waals surface area contributed by atoms with Crippen molar-refractivity contribution in [2.45, 2.75) is 6.61 Å². The van der Waals surface area contributed by atoms with Gasteiger partial charge >= 0.3 is 0 Å². The highest BCUT2D eigenvalue weighted by Gasteiger charge is 2.06. The van der Waals surface area contributed by atoms with Crippen LogP contribution in [0.1, 0.15) is 5.56 Å². The summed E-state index contributed by atoms with van der Waals surface area (Å²) in [5.41, 5.74) is 0.965. The van der Waals surface area contributed by atoms with E-state index in [2.05, 4.69) is 15.9 Å². The summed E-state index contributed by atoms with van der Waals surface area (Å²) in [4.78, 5) is 0. The molecule has 0 bridgehead atoms. The van der Waals surface area contributed by atoms with E-state index in [-0.39, 0.29) is 0 Å². The van der Waals surface area contributed by atoms with E-state index in [1.807, 2.05) is 36.4 Å². The van der Waals surface area contributed by atoms with Gasteiger partial charge in [-0.1, -0.05) is 39.7 Å². The molecule has 94 valence electrons. The van der Waals surface area contributed by atoms with E-state index >= 15 is 0 Å². The van der Waals surface area contributed by atoms with Crippen LogP contribution in [0.15, 0.2) is 46.9 Å². The van der Waals surface area contributed by atoms with Gasteiger partial charge in [0, 0.05) is 10.0 Å². The zero-order valence-electron chi connectivity index (χ0n) is 9.82. The Bertz CT molecular complexity index is 543. The molecule has 0 N–H and O–H groups in total. The third-order valence-corrected chi connectivity index (χ3v) is 3.27. The first-order valence-corrected chi connectivity index (χ1v) is 6.57. The first-order chi connectivity index (χ1) is 8.70. The van der Waals surface area contributed by atoms with Gasteiger partial charge in [0.05, 0.1) is 12.1 Å². The minimum absolute atomic E-state index is 0.409. The molecule has 2 rings (SSSR count). The van der Waals surface area contributed by atoms with Gasteiger partial charge in [-0.25, -0.2) is 0 Å². The highest BCUT2D eigenvalue weighted by atomic mass is 79.9. The third kappa shape index (κ3) is 3.18. The second kappa shape index (κ2) is 6.12. The van der Waals surface area contributed by atoms with E-state index < -0.39 is 0 Å². The molecule has 2 nitrogen and oxygen atoms in total. The van der Waals surface area contributed by atoms with Crippen LogP contribution < -0.4 is 9.47 Å². The molecular formula is C14H12BrClO2. The van der Waals surface area contributed by atoms with Gasteiger partial charge < -0.3 is 9.47 Å². The van der Waals surface area contributed by atoms with Crippen LogP contribution in [0.4, 0.5) is 0 Å². The molecule has 0 aliphatic rings. The standard InChI is InChI=1S/C14H12BrClO2/c1-17-13-7-6-11(15)8-10(13)9-18-14-5-3-2-4-12(14)16/h2-8H,9H2,1H3. The monoisotopic (exact) mass is 326 g/mol. The third-order valence-electron chi connectivity index (χ3n) is 2.46. The summed E-state index contributed by atoms with van der Waals surface area (Å²) in [6.45, 7) is 0.409. The summed E-state index contributed by atoms with van der Waals surface area (Å²) in [6, 6.07) is 13.2. The maximum Gasteiger partial charge on any atom is 0.138 e. The van der Waals surface area contributed by atoms with E-state index in [0.29, 0.717) is 17.4 Å². The van der Waals surface area contributed by atoms with Crippen LogP contribution in [0.25, 0.3) is 0 Å². The van der Waals surface area contributed by atoms with E-state index in [4.69, 9.17) is 21.1 Å². The maximum absolute atomic E-state index is 6.03. The lowest BCUT2D eigenvalue weighted by molar-refractivity contribution is 0.297. The molecule has 0 fully saturated rings. The molecule has 0 aliphatic carbocycles. The van der Waals surface area contributed by atoms with E-state index in [1.165, 1.54) is 0 Å². The summed E-state index contributed by atoms with van der Waals surface area (Å²) >= 11 is 9.46. The van der Waals surface area contributed by atoms with Crippen molar-refractivity contribution in [2.75, 3.05) is 7.11 Å². The molecule has 2 aromatic carbocycles. The molecule has 0 atom stereocenters. The number of halogens is 2. The number of methoxy groups -OCH3 is 1. The van der Waals surface area contributed by atoms with Gasteiger partial charge in [0.25, 0.3) is 0 Å². The maximum atomic E-state index is 6.03. The second-order valence-electron chi connectivity index (χ2n) is 3.68. The Labute approximate surface area is 120 Å². The predicted molar refractivity (Wildman–Crippen MR) is 76.5 cm³/mol. The van der Waals surface area contributed by atoms with E-state index in [9.17, 15) is 0 Å². The molecule has 0 aromatic heterocycles. The highest BCUT2D eigenvalue weighted by molar-refractivity contribution is 9.10. The highest BCUT2D eigenvalue weighted by Crippen LogP contribution is 2.27. The van der Waals surface area contributed by atoms with Gasteiger partial charge in [-0.15, -0.1) is 0 Å². The van der Waals surface area contributed by atoms with E-state index in [1.54, 1.807) is 13.2 Å². The Kier molecular flexibility index (Phi) is 4.50. The van der Waals surface area contributed by atoms with Crippen molar-refractivity contribution in [3.63, 3.8) is 0 Å². The van der Waals surface area contributed by atoms with Gasteiger partial charge in [-0.05, 0) is 30.3 Å². The van der Waals surface area contributed by atoms with Crippen LogP contribution in [0.2, 0.25) is 5.02 Å². The van der Waals surface area contributed by atoms with Gasteiger partial charge in [-0.2, -0.15) is 0 Å². The molecular weight excluding hydrogens is 316 g/mol. The summed E-state index contributed by atoms with van der Waals surface area (Å²) in [5, 5.41) is 0.603. The largest absolute Gasteiger partial charge is 0.496 e. The van der Waals surface area contributed by atoms with Crippen molar-refractivity contribution in [1.82, 2.24) is 0 Å². The molecule has 0 radical (unpaired) electrons. The molecule has 0 saturated carbocycles. The molecule has 18 heavy (non-hydrogen) atoms. The SMILES string of the molecule is COc1ccc(Br)cc1COc1ccccc1Cl. The average molecular weight is 328 g/mol. The molecule has 2 aromatic rings. The smallest absolute Gasteiger partial charge is 0.138 e. The lowest BCUT2D eigenvalue weighted by Crippen LogP contribution is -1.99. The first-order valence-electron chi connectivity index (χ1n) is 5.40. The second-order valence-corrected chi connectivity index (χ2v) is 5.00. The Morgan fingerprint density at radius 2 is 1.89 bits per heavy atom.